The molecule has 9 nitrogen and oxygen atoms in total. The number of carbonyl (C=O) groups is 1. The summed E-state index contributed by atoms with van der Waals surface area (Å²) in [5, 5.41) is 9.97. The first-order chi connectivity index (χ1) is 18.5. The summed E-state index contributed by atoms with van der Waals surface area (Å²) in [6.45, 7) is 1.25. The maximum absolute atomic E-state index is 12.9. The number of rotatable bonds is 7. The Hall–Kier alpha value is -3.29. The third kappa shape index (κ3) is 7.22. The zero-order valence-electron chi connectivity index (χ0n) is 21.1. The van der Waals surface area contributed by atoms with Gasteiger partial charge in [-0.15, -0.1) is 0 Å². The number of aromatic nitrogens is 3. The molecule has 39 heavy (non-hydrogen) atoms. The topological polar surface area (TPSA) is 111 Å². The normalized spacial score (nSPS) is 20.2. The van der Waals surface area contributed by atoms with Gasteiger partial charge in [-0.05, 0) is 54.9 Å². The van der Waals surface area contributed by atoms with Crippen LogP contribution in [0.2, 0.25) is 0 Å². The van der Waals surface area contributed by atoms with E-state index in [4.69, 9.17) is 0 Å². The molecule has 0 saturated carbocycles. The van der Waals surface area contributed by atoms with Crippen LogP contribution in [0.4, 0.5) is 18.9 Å². The molecule has 3 heterocycles. The molecule has 0 aliphatic carbocycles. The van der Waals surface area contributed by atoms with Crippen molar-refractivity contribution < 1.29 is 26.4 Å². The third-order valence-electron chi connectivity index (χ3n) is 7.00. The van der Waals surface area contributed by atoms with Gasteiger partial charge in [-0.3, -0.25) is 19.7 Å². The zero-order valence-corrected chi connectivity index (χ0v) is 21.9. The van der Waals surface area contributed by atoms with Gasteiger partial charge in [0.25, 0.3) is 5.91 Å². The number of amides is 1. The van der Waals surface area contributed by atoms with E-state index < -0.39 is 22.6 Å². The van der Waals surface area contributed by atoms with Crippen molar-refractivity contribution in [2.75, 3.05) is 49.5 Å². The van der Waals surface area contributed by atoms with E-state index in [0.717, 1.165) is 5.56 Å². The minimum absolute atomic E-state index is 0.133. The van der Waals surface area contributed by atoms with Crippen molar-refractivity contribution in [2.24, 2.45) is 0 Å². The average molecular weight is 563 g/mol. The number of benzene rings is 2. The number of sulfone groups is 1. The number of carbonyl (C=O) groups excluding carboxylic acids is 1. The minimum atomic E-state index is -4.22. The molecule has 5 rings (SSSR count). The smallest absolute Gasteiger partial charge is 0.322 e. The van der Waals surface area contributed by atoms with Gasteiger partial charge >= 0.3 is 6.18 Å². The Balaban J connectivity index is 1.17. The molecule has 2 saturated heterocycles. The maximum Gasteiger partial charge on any atom is 0.401 e. The highest BCUT2D eigenvalue weighted by Crippen LogP contribution is 2.29. The number of alkyl halides is 3. The summed E-state index contributed by atoms with van der Waals surface area (Å²) < 4.78 is 61.3. The predicted octanol–water partition coefficient (Wildman–Crippen LogP) is 3.31. The van der Waals surface area contributed by atoms with Crippen LogP contribution in [0.3, 0.4) is 0 Å². The van der Waals surface area contributed by atoms with E-state index >= 15 is 0 Å². The molecule has 2 aliphatic heterocycles. The molecule has 208 valence electrons. The lowest BCUT2D eigenvalue weighted by atomic mass is 10.1. The van der Waals surface area contributed by atoms with Crippen molar-refractivity contribution in [2.45, 2.75) is 25.1 Å². The summed E-state index contributed by atoms with van der Waals surface area (Å²) in [4.78, 5) is 20.8. The van der Waals surface area contributed by atoms with Crippen LogP contribution in [0.5, 0.6) is 0 Å². The first-order valence-electron chi connectivity index (χ1n) is 12.7. The zero-order chi connectivity index (χ0) is 27.6. The maximum atomic E-state index is 12.9. The van der Waals surface area contributed by atoms with Gasteiger partial charge in [0.15, 0.2) is 15.7 Å². The number of hydrogen-bond acceptors (Lipinski definition) is 7. The Labute approximate surface area is 224 Å². The summed E-state index contributed by atoms with van der Waals surface area (Å²) in [7, 11) is -2.95. The van der Waals surface area contributed by atoms with Gasteiger partial charge in [0.1, 0.15) is 5.82 Å². The number of H-pyrrole nitrogens is 1. The molecule has 1 unspecified atom stereocenters. The van der Waals surface area contributed by atoms with Crippen LogP contribution in [-0.4, -0.2) is 89.7 Å². The van der Waals surface area contributed by atoms with E-state index in [2.05, 4.69) is 25.4 Å². The molecule has 0 spiro atoms. The fourth-order valence-corrected chi connectivity index (χ4v) is 6.20. The summed E-state index contributed by atoms with van der Waals surface area (Å²) in [6.07, 6.45) is -3.64. The third-order valence-corrected chi connectivity index (χ3v) is 8.61. The molecule has 2 fully saturated rings. The number of anilines is 1. The molecular formula is C26H29F3N6O3S. The second-order valence-electron chi connectivity index (χ2n) is 10.0. The van der Waals surface area contributed by atoms with E-state index in [1.807, 2.05) is 12.1 Å². The largest absolute Gasteiger partial charge is 0.401 e. The van der Waals surface area contributed by atoms with Crippen molar-refractivity contribution in [1.29, 1.82) is 0 Å². The summed E-state index contributed by atoms with van der Waals surface area (Å²) in [6, 6.07) is 14.3. The van der Waals surface area contributed by atoms with Gasteiger partial charge in [0.2, 0.25) is 0 Å². The number of halogens is 3. The van der Waals surface area contributed by atoms with Gasteiger partial charge in [0.05, 0.1) is 18.1 Å². The van der Waals surface area contributed by atoms with E-state index in [-0.39, 0.29) is 29.9 Å². The van der Waals surface area contributed by atoms with Crippen LogP contribution in [0, 0.1) is 0 Å². The predicted molar refractivity (Wildman–Crippen MR) is 140 cm³/mol. The fourth-order valence-electron chi connectivity index (χ4n) is 4.92. The fraction of sp³-hybridized carbons (Fsp3) is 0.423. The van der Waals surface area contributed by atoms with Gasteiger partial charge in [0, 0.05) is 48.9 Å². The molecular weight excluding hydrogens is 533 g/mol. The Bertz CT molecular complexity index is 1410. The SMILES string of the molecule is O=C(Nc1ccc(-c2n[nH]c(C3CCN(CC(F)(F)F)C3)n2)cc1)c1cccc(CN2CCS(=O)(=O)CC2)c1. The van der Waals surface area contributed by atoms with Crippen molar-refractivity contribution in [1.82, 2.24) is 25.0 Å². The highest BCUT2D eigenvalue weighted by molar-refractivity contribution is 7.91. The lowest BCUT2D eigenvalue weighted by Crippen LogP contribution is -2.39. The molecule has 0 bridgehead atoms. The molecule has 1 amide bonds. The summed E-state index contributed by atoms with van der Waals surface area (Å²) >= 11 is 0. The second kappa shape index (κ2) is 11.1. The number of nitrogens with zero attached hydrogens (tertiary/aromatic N) is 4. The molecule has 0 radical (unpaired) electrons. The first-order valence-corrected chi connectivity index (χ1v) is 14.5. The van der Waals surface area contributed by atoms with Crippen molar-refractivity contribution in [3.63, 3.8) is 0 Å². The number of hydrogen-bond donors (Lipinski definition) is 2. The second-order valence-corrected chi connectivity index (χ2v) is 12.3. The van der Waals surface area contributed by atoms with Crippen LogP contribution in [0.15, 0.2) is 48.5 Å². The number of nitrogens with one attached hydrogen (secondary N) is 2. The Morgan fingerprint density at radius 1 is 1.05 bits per heavy atom. The van der Waals surface area contributed by atoms with Gasteiger partial charge in [-0.2, -0.15) is 18.3 Å². The van der Waals surface area contributed by atoms with Crippen LogP contribution >= 0.6 is 0 Å². The average Bonchev–Trinajstić information content (AvgIpc) is 3.55. The van der Waals surface area contributed by atoms with Gasteiger partial charge in [-0.25, -0.2) is 13.4 Å². The Morgan fingerprint density at radius 2 is 1.79 bits per heavy atom. The van der Waals surface area contributed by atoms with Gasteiger partial charge < -0.3 is 5.32 Å². The lowest BCUT2D eigenvalue weighted by molar-refractivity contribution is -0.143. The van der Waals surface area contributed by atoms with Crippen LogP contribution in [0.1, 0.15) is 34.1 Å². The van der Waals surface area contributed by atoms with E-state index in [1.165, 1.54) is 4.90 Å². The minimum Gasteiger partial charge on any atom is -0.322 e. The molecule has 2 N–H and O–H groups in total. The first kappa shape index (κ1) is 27.3. The lowest BCUT2D eigenvalue weighted by Gasteiger charge is -2.26. The molecule has 2 aliphatic rings. The van der Waals surface area contributed by atoms with Crippen molar-refractivity contribution in [3.05, 3.63) is 65.5 Å². The molecule has 2 aromatic carbocycles. The standard InChI is InChI=1S/C26H29F3N6O3S/c27-26(28,29)17-35-9-8-21(16-35)24-31-23(32-33-24)19-4-6-22(7-5-19)30-25(36)20-3-1-2-18(14-20)15-34-10-12-39(37,38)13-11-34/h1-7,14,21H,8-13,15-17H2,(H,30,36)(H,31,32,33). The van der Waals surface area contributed by atoms with Crippen molar-refractivity contribution >= 4 is 21.4 Å². The quantitative estimate of drug-likeness (QED) is 0.455. The molecule has 13 heteroatoms. The monoisotopic (exact) mass is 562 g/mol. The number of aromatic amines is 1. The molecule has 3 aromatic rings. The summed E-state index contributed by atoms with van der Waals surface area (Å²) in [5.74, 6) is 0.911. The van der Waals surface area contributed by atoms with Crippen LogP contribution in [0.25, 0.3) is 11.4 Å². The van der Waals surface area contributed by atoms with Crippen molar-refractivity contribution in [3.8, 4) is 11.4 Å². The highest BCUT2D eigenvalue weighted by atomic mass is 32.2. The van der Waals surface area contributed by atoms with E-state index in [9.17, 15) is 26.4 Å². The van der Waals surface area contributed by atoms with Crippen LogP contribution in [-0.2, 0) is 16.4 Å². The van der Waals surface area contributed by atoms with E-state index in [1.54, 1.807) is 36.4 Å². The molecule has 1 aromatic heterocycles. The molecule has 1 atom stereocenters. The van der Waals surface area contributed by atoms with E-state index in [0.29, 0.717) is 61.1 Å². The Kier molecular flexibility index (Phi) is 7.74. The Morgan fingerprint density at radius 3 is 2.51 bits per heavy atom. The van der Waals surface area contributed by atoms with Gasteiger partial charge in [-0.1, -0.05) is 12.1 Å². The highest BCUT2D eigenvalue weighted by Gasteiger charge is 2.35. The summed E-state index contributed by atoms with van der Waals surface area (Å²) in [5.41, 5.74) is 2.73. The number of likely N-dealkylation sites (tertiary alicyclic amines) is 1. The van der Waals surface area contributed by atoms with Crippen LogP contribution < -0.4 is 5.32 Å².